The third-order valence-electron chi connectivity index (χ3n) is 8.37. The summed E-state index contributed by atoms with van der Waals surface area (Å²) < 4.78 is 5.92. The number of hydrogen-bond acceptors (Lipinski definition) is 8. The summed E-state index contributed by atoms with van der Waals surface area (Å²) in [5, 5.41) is 12.8. The number of carbonyl (C=O) groups excluding carboxylic acids is 1. The van der Waals surface area contributed by atoms with Crippen LogP contribution in [0.4, 0.5) is 11.5 Å². The van der Waals surface area contributed by atoms with Crippen LogP contribution in [0.25, 0.3) is 21.1 Å². The number of nitrogens with one attached hydrogen (secondary N) is 2. The number of likely N-dealkylation sites (tertiary alicyclic amines) is 2. The molecule has 2 aliphatic heterocycles. The molecule has 9 nitrogen and oxygen atoms in total. The fourth-order valence-corrected chi connectivity index (χ4v) is 7.56. The molecule has 1 aliphatic carbocycles. The molecular formula is C28H33N7O2S. The van der Waals surface area contributed by atoms with Gasteiger partial charge in [0.2, 0.25) is 5.91 Å². The van der Waals surface area contributed by atoms with Crippen LogP contribution < -0.4 is 10.1 Å². The number of carbonyl (C=O) groups is 1. The lowest BCUT2D eigenvalue weighted by Gasteiger charge is -2.47. The molecule has 3 aromatic heterocycles. The van der Waals surface area contributed by atoms with Gasteiger partial charge in [-0.15, -0.1) is 11.3 Å². The molecule has 0 spiro atoms. The van der Waals surface area contributed by atoms with E-state index in [9.17, 15) is 4.79 Å². The smallest absolute Gasteiger partial charge is 0.226 e. The van der Waals surface area contributed by atoms with Crippen molar-refractivity contribution < 1.29 is 9.53 Å². The number of ether oxygens (including phenoxy) is 1. The minimum absolute atomic E-state index is 0.0651. The maximum Gasteiger partial charge on any atom is 0.226 e. The number of piperidine rings is 1. The lowest BCUT2D eigenvalue weighted by Crippen LogP contribution is -2.63. The minimum Gasteiger partial charge on any atom is -0.492 e. The Balaban J connectivity index is 1.11. The van der Waals surface area contributed by atoms with Gasteiger partial charge in [-0.2, -0.15) is 5.10 Å². The first-order chi connectivity index (χ1) is 18.7. The molecule has 2 N–H and O–H groups in total. The Morgan fingerprint density at radius 2 is 2.08 bits per heavy atom. The van der Waals surface area contributed by atoms with E-state index in [2.05, 4.69) is 35.3 Å². The lowest BCUT2D eigenvalue weighted by atomic mass is 9.86. The van der Waals surface area contributed by atoms with Gasteiger partial charge in [-0.25, -0.2) is 9.97 Å². The van der Waals surface area contributed by atoms with Crippen LogP contribution in [0, 0.1) is 5.92 Å². The van der Waals surface area contributed by atoms with Gasteiger partial charge in [-0.3, -0.25) is 14.8 Å². The molecule has 198 valence electrons. The molecule has 10 heteroatoms. The van der Waals surface area contributed by atoms with Gasteiger partial charge in [0.05, 0.1) is 29.4 Å². The molecule has 38 heavy (non-hydrogen) atoms. The molecular weight excluding hydrogens is 498 g/mol. The van der Waals surface area contributed by atoms with E-state index in [-0.39, 0.29) is 5.92 Å². The molecule has 7 rings (SSSR count). The highest BCUT2D eigenvalue weighted by molar-refractivity contribution is 7.19. The van der Waals surface area contributed by atoms with Crippen molar-refractivity contribution in [1.29, 1.82) is 0 Å². The third-order valence-corrected chi connectivity index (χ3v) is 9.53. The number of aromatic amines is 1. The van der Waals surface area contributed by atoms with E-state index < -0.39 is 0 Å². The molecule has 1 atom stereocenters. The van der Waals surface area contributed by atoms with Crippen molar-refractivity contribution in [3.63, 3.8) is 0 Å². The average Bonchev–Trinajstić information content (AvgIpc) is 3.52. The molecule has 4 aromatic rings. The SMILES string of the molecule is CCOc1cc2[nH]ncc2cc1Nc1ncnc2sc3c(c12)CCC(C(=O)N1CC(N2CCCCC2)C1)C3. The number of amides is 1. The monoisotopic (exact) mass is 531 g/mol. The number of aromatic nitrogens is 4. The molecule has 1 unspecified atom stereocenters. The van der Waals surface area contributed by atoms with Gasteiger partial charge in [0, 0.05) is 41.4 Å². The number of fused-ring (bicyclic) bond motifs is 4. The number of nitrogens with zero attached hydrogens (tertiary/aromatic N) is 5. The molecule has 0 saturated carbocycles. The Kier molecular flexibility index (Phi) is 6.16. The number of thiophene rings is 1. The van der Waals surface area contributed by atoms with Crippen LogP contribution in [0.3, 0.4) is 0 Å². The topological polar surface area (TPSA) is 99.3 Å². The first-order valence-electron chi connectivity index (χ1n) is 13.8. The number of rotatable bonds is 6. The predicted octanol–water partition coefficient (Wildman–Crippen LogP) is 4.51. The standard InChI is InChI=1S/C28H33N7O2S/c1-2-37-23-12-21-18(13-31-33-21)10-22(23)32-26-25-20-7-6-17(11-24(20)38-27(25)30-16-29-26)28(36)35-14-19(15-35)34-8-4-3-5-9-34/h10,12-13,16-17,19H,2-9,11,14-15H2,1H3,(H,31,33)(H,29,30,32). The Hall–Kier alpha value is -3.24. The van der Waals surface area contributed by atoms with E-state index in [0.29, 0.717) is 18.6 Å². The fourth-order valence-electron chi connectivity index (χ4n) is 6.30. The number of anilines is 2. The van der Waals surface area contributed by atoms with Gasteiger partial charge in [0.1, 0.15) is 22.7 Å². The second-order valence-electron chi connectivity index (χ2n) is 10.7. The molecule has 1 aromatic carbocycles. The summed E-state index contributed by atoms with van der Waals surface area (Å²) >= 11 is 1.71. The fraction of sp³-hybridized carbons (Fsp3) is 0.500. The molecule has 3 aliphatic rings. The molecule has 2 fully saturated rings. The molecule has 1 amide bonds. The number of H-pyrrole nitrogens is 1. The van der Waals surface area contributed by atoms with Crippen LogP contribution in [0.5, 0.6) is 5.75 Å². The van der Waals surface area contributed by atoms with E-state index in [1.807, 2.05) is 25.3 Å². The van der Waals surface area contributed by atoms with E-state index in [1.165, 1.54) is 42.8 Å². The van der Waals surface area contributed by atoms with Gasteiger partial charge in [0.15, 0.2) is 0 Å². The average molecular weight is 532 g/mol. The Labute approximate surface area is 225 Å². The second-order valence-corrected chi connectivity index (χ2v) is 11.8. The zero-order valence-corrected chi connectivity index (χ0v) is 22.5. The maximum absolute atomic E-state index is 13.4. The largest absolute Gasteiger partial charge is 0.492 e. The van der Waals surface area contributed by atoms with Crippen molar-refractivity contribution in [2.45, 2.75) is 51.5 Å². The number of benzene rings is 1. The number of aryl methyl sites for hydroxylation is 1. The molecule has 0 bridgehead atoms. The predicted molar refractivity (Wildman–Crippen MR) is 149 cm³/mol. The van der Waals surface area contributed by atoms with E-state index in [1.54, 1.807) is 17.7 Å². The Bertz CT molecular complexity index is 1490. The van der Waals surface area contributed by atoms with Crippen molar-refractivity contribution in [2.24, 2.45) is 5.92 Å². The molecule has 2 saturated heterocycles. The van der Waals surface area contributed by atoms with Crippen molar-refractivity contribution in [3.8, 4) is 5.75 Å². The summed E-state index contributed by atoms with van der Waals surface area (Å²) in [7, 11) is 0. The van der Waals surface area contributed by atoms with Crippen LogP contribution in [-0.4, -0.2) is 74.7 Å². The van der Waals surface area contributed by atoms with E-state index in [4.69, 9.17) is 4.74 Å². The van der Waals surface area contributed by atoms with Crippen LogP contribution in [0.2, 0.25) is 0 Å². The Morgan fingerprint density at radius 3 is 2.92 bits per heavy atom. The first-order valence-corrected chi connectivity index (χ1v) is 14.6. The third kappa shape index (κ3) is 4.19. The summed E-state index contributed by atoms with van der Waals surface area (Å²) in [6, 6.07) is 4.57. The van der Waals surface area contributed by atoms with Gasteiger partial charge in [-0.05, 0) is 63.7 Å². The first kappa shape index (κ1) is 23.8. The summed E-state index contributed by atoms with van der Waals surface area (Å²) in [4.78, 5) is 29.5. The second kappa shape index (κ2) is 9.81. The normalized spacial score (nSPS) is 20.4. The van der Waals surface area contributed by atoms with Crippen LogP contribution in [0.1, 0.15) is 43.0 Å². The highest BCUT2D eigenvalue weighted by Crippen LogP contribution is 2.42. The summed E-state index contributed by atoms with van der Waals surface area (Å²) in [6.07, 6.45) is 9.91. The van der Waals surface area contributed by atoms with Gasteiger partial charge in [0.25, 0.3) is 0 Å². The van der Waals surface area contributed by atoms with E-state index in [0.717, 1.165) is 70.7 Å². The summed E-state index contributed by atoms with van der Waals surface area (Å²) in [5.41, 5.74) is 3.07. The zero-order chi connectivity index (χ0) is 25.6. The maximum atomic E-state index is 13.4. The summed E-state index contributed by atoms with van der Waals surface area (Å²) in [6.45, 7) is 6.73. The van der Waals surface area contributed by atoms with Crippen LogP contribution >= 0.6 is 11.3 Å². The molecule has 5 heterocycles. The zero-order valence-electron chi connectivity index (χ0n) is 21.7. The van der Waals surface area contributed by atoms with Crippen molar-refractivity contribution in [2.75, 3.05) is 38.1 Å². The highest BCUT2D eigenvalue weighted by Gasteiger charge is 2.39. The van der Waals surface area contributed by atoms with Gasteiger partial charge in [-0.1, -0.05) is 6.42 Å². The van der Waals surface area contributed by atoms with Crippen LogP contribution in [-0.2, 0) is 17.6 Å². The van der Waals surface area contributed by atoms with Crippen molar-refractivity contribution >= 4 is 49.9 Å². The van der Waals surface area contributed by atoms with Crippen molar-refractivity contribution in [3.05, 3.63) is 35.1 Å². The Morgan fingerprint density at radius 1 is 1.21 bits per heavy atom. The lowest BCUT2D eigenvalue weighted by molar-refractivity contribution is -0.143. The van der Waals surface area contributed by atoms with Gasteiger partial charge < -0.3 is 15.0 Å². The highest BCUT2D eigenvalue weighted by atomic mass is 32.1. The van der Waals surface area contributed by atoms with Gasteiger partial charge >= 0.3 is 0 Å². The number of hydrogen-bond donors (Lipinski definition) is 2. The van der Waals surface area contributed by atoms with E-state index >= 15 is 0 Å². The molecule has 0 radical (unpaired) electrons. The van der Waals surface area contributed by atoms with Crippen LogP contribution in [0.15, 0.2) is 24.7 Å². The van der Waals surface area contributed by atoms with Crippen molar-refractivity contribution in [1.82, 2.24) is 30.0 Å². The summed E-state index contributed by atoms with van der Waals surface area (Å²) in [5.74, 6) is 1.94. The minimum atomic E-state index is 0.0651. The quantitative estimate of drug-likeness (QED) is 0.378.